The highest BCUT2D eigenvalue weighted by Crippen LogP contribution is 2.30. The monoisotopic (exact) mass is 360 g/mol. The standard InChI is InChI=1S/C23H24N2O2/c26-22-13-12-17-7-4-5-11-20(17)21(22)16-25-14-6-8-18(15-25)23(27)24-19-9-2-1-3-10-19/h1-5,7,9-13,18,26H,6,8,14-16H2,(H,24,27)/t18-/m0/s1. The lowest BCUT2D eigenvalue weighted by Crippen LogP contribution is -2.40. The maximum Gasteiger partial charge on any atom is 0.228 e. The van der Waals surface area contributed by atoms with Crippen LogP contribution in [0.1, 0.15) is 18.4 Å². The first-order valence-corrected chi connectivity index (χ1v) is 9.48. The number of para-hydroxylation sites is 1. The molecule has 1 heterocycles. The number of anilines is 1. The maximum atomic E-state index is 12.7. The van der Waals surface area contributed by atoms with Crippen molar-refractivity contribution >= 4 is 22.4 Å². The van der Waals surface area contributed by atoms with Gasteiger partial charge in [-0.15, -0.1) is 0 Å². The second-order valence-corrected chi connectivity index (χ2v) is 7.21. The Bertz CT molecular complexity index is 940. The first kappa shape index (κ1) is 17.6. The van der Waals surface area contributed by atoms with Crippen LogP contribution in [0.3, 0.4) is 0 Å². The van der Waals surface area contributed by atoms with Crippen molar-refractivity contribution in [1.82, 2.24) is 4.90 Å². The fourth-order valence-electron chi connectivity index (χ4n) is 3.89. The maximum absolute atomic E-state index is 12.7. The molecule has 4 rings (SSSR count). The lowest BCUT2D eigenvalue weighted by atomic mass is 9.95. The molecule has 0 radical (unpaired) electrons. The minimum absolute atomic E-state index is 0.0314. The molecule has 1 aliphatic heterocycles. The van der Waals surface area contributed by atoms with Crippen molar-refractivity contribution in [3.63, 3.8) is 0 Å². The molecule has 0 spiro atoms. The zero-order valence-electron chi connectivity index (χ0n) is 15.3. The second-order valence-electron chi connectivity index (χ2n) is 7.21. The number of benzene rings is 3. The van der Waals surface area contributed by atoms with E-state index in [4.69, 9.17) is 0 Å². The van der Waals surface area contributed by atoms with Gasteiger partial charge in [0.05, 0.1) is 5.92 Å². The largest absolute Gasteiger partial charge is 0.508 e. The van der Waals surface area contributed by atoms with E-state index in [0.717, 1.165) is 41.4 Å². The minimum atomic E-state index is -0.0314. The molecule has 2 N–H and O–H groups in total. The number of hydrogen-bond acceptors (Lipinski definition) is 3. The molecule has 1 aliphatic rings. The highest BCUT2D eigenvalue weighted by molar-refractivity contribution is 5.92. The van der Waals surface area contributed by atoms with Gasteiger partial charge >= 0.3 is 0 Å². The van der Waals surface area contributed by atoms with Gasteiger partial charge in [-0.2, -0.15) is 0 Å². The molecule has 1 saturated heterocycles. The third-order valence-corrected chi connectivity index (χ3v) is 5.32. The zero-order chi connectivity index (χ0) is 18.6. The topological polar surface area (TPSA) is 52.6 Å². The highest BCUT2D eigenvalue weighted by Gasteiger charge is 2.26. The van der Waals surface area contributed by atoms with Crippen LogP contribution in [-0.2, 0) is 11.3 Å². The van der Waals surface area contributed by atoms with E-state index in [1.54, 1.807) is 6.07 Å². The molecular weight excluding hydrogens is 336 g/mol. The van der Waals surface area contributed by atoms with Gasteiger partial charge in [0, 0.05) is 24.3 Å². The number of piperidine rings is 1. The molecular formula is C23H24N2O2. The lowest BCUT2D eigenvalue weighted by Gasteiger charge is -2.32. The van der Waals surface area contributed by atoms with Crippen LogP contribution in [-0.4, -0.2) is 29.0 Å². The fourth-order valence-corrected chi connectivity index (χ4v) is 3.89. The molecule has 1 fully saturated rings. The number of nitrogens with one attached hydrogen (secondary N) is 1. The van der Waals surface area contributed by atoms with Gasteiger partial charge in [0.1, 0.15) is 5.75 Å². The quantitative estimate of drug-likeness (QED) is 0.725. The first-order valence-electron chi connectivity index (χ1n) is 9.48. The van der Waals surface area contributed by atoms with Gasteiger partial charge in [-0.1, -0.05) is 48.5 Å². The van der Waals surface area contributed by atoms with Gasteiger partial charge in [-0.25, -0.2) is 0 Å². The van der Waals surface area contributed by atoms with E-state index in [1.165, 1.54) is 0 Å². The van der Waals surface area contributed by atoms with Crippen LogP contribution in [0.4, 0.5) is 5.69 Å². The Labute approximate surface area is 159 Å². The Morgan fingerprint density at radius 3 is 2.67 bits per heavy atom. The van der Waals surface area contributed by atoms with Crippen LogP contribution in [0, 0.1) is 5.92 Å². The average Bonchev–Trinajstić information content (AvgIpc) is 2.71. The number of rotatable bonds is 4. The van der Waals surface area contributed by atoms with Gasteiger partial charge in [-0.05, 0) is 48.4 Å². The van der Waals surface area contributed by atoms with Crippen molar-refractivity contribution in [3.8, 4) is 5.75 Å². The summed E-state index contributed by atoms with van der Waals surface area (Å²) in [7, 11) is 0. The van der Waals surface area contributed by atoms with Crippen LogP contribution >= 0.6 is 0 Å². The van der Waals surface area contributed by atoms with Gasteiger partial charge in [0.15, 0.2) is 0 Å². The summed E-state index contributed by atoms with van der Waals surface area (Å²) in [6, 6.07) is 21.4. The summed E-state index contributed by atoms with van der Waals surface area (Å²) in [5.41, 5.74) is 1.78. The SMILES string of the molecule is O=C(Nc1ccccc1)[C@H]1CCCN(Cc2c(O)ccc3ccccc23)C1. The number of aromatic hydroxyl groups is 1. The van der Waals surface area contributed by atoms with E-state index in [1.807, 2.05) is 54.6 Å². The summed E-state index contributed by atoms with van der Waals surface area (Å²) in [5.74, 6) is 0.369. The number of hydrogen-bond donors (Lipinski definition) is 2. The third-order valence-electron chi connectivity index (χ3n) is 5.32. The van der Waals surface area contributed by atoms with Crippen LogP contribution < -0.4 is 5.32 Å². The number of amides is 1. The molecule has 4 heteroatoms. The van der Waals surface area contributed by atoms with Crippen LogP contribution in [0.2, 0.25) is 0 Å². The average molecular weight is 360 g/mol. The molecule has 0 aliphatic carbocycles. The third kappa shape index (κ3) is 3.96. The molecule has 4 nitrogen and oxygen atoms in total. The highest BCUT2D eigenvalue weighted by atomic mass is 16.3. The van der Waals surface area contributed by atoms with Crippen LogP contribution in [0.5, 0.6) is 5.75 Å². The van der Waals surface area contributed by atoms with Crippen LogP contribution in [0.25, 0.3) is 10.8 Å². The predicted octanol–water partition coefficient (Wildman–Crippen LogP) is 4.40. The van der Waals surface area contributed by atoms with Crippen molar-refractivity contribution < 1.29 is 9.90 Å². The molecule has 0 saturated carbocycles. The van der Waals surface area contributed by atoms with Crippen molar-refractivity contribution in [3.05, 3.63) is 72.3 Å². The normalized spacial score (nSPS) is 17.7. The minimum Gasteiger partial charge on any atom is -0.508 e. The molecule has 0 unspecified atom stereocenters. The number of carbonyl (C=O) groups excluding carboxylic acids is 1. The molecule has 0 aromatic heterocycles. The molecule has 3 aromatic rings. The number of phenolic OH excluding ortho intramolecular Hbond substituents is 1. The summed E-state index contributed by atoms with van der Waals surface area (Å²) in [6.07, 6.45) is 1.88. The smallest absolute Gasteiger partial charge is 0.228 e. The fraction of sp³-hybridized carbons (Fsp3) is 0.261. The Morgan fingerprint density at radius 2 is 1.81 bits per heavy atom. The number of fused-ring (bicyclic) bond motifs is 1. The van der Waals surface area contributed by atoms with E-state index in [2.05, 4.69) is 16.3 Å². The molecule has 1 amide bonds. The Morgan fingerprint density at radius 1 is 1.04 bits per heavy atom. The van der Waals surface area contributed by atoms with E-state index in [9.17, 15) is 9.90 Å². The van der Waals surface area contributed by atoms with E-state index in [0.29, 0.717) is 18.8 Å². The molecule has 3 aromatic carbocycles. The molecule has 138 valence electrons. The Hall–Kier alpha value is -2.85. The van der Waals surface area contributed by atoms with Crippen molar-refractivity contribution in [1.29, 1.82) is 0 Å². The lowest BCUT2D eigenvalue weighted by molar-refractivity contribution is -0.121. The molecule has 27 heavy (non-hydrogen) atoms. The van der Waals surface area contributed by atoms with Gasteiger partial charge < -0.3 is 10.4 Å². The summed E-state index contributed by atoms with van der Waals surface area (Å²) >= 11 is 0. The molecule has 0 bridgehead atoms. The predicted molar refractivity (Wildman–Crippen MR) is 109 cm³/mol. The van der Waals surface area contributed by atoms with Crippen molar-refractivity contribution in [2.45, 2.75) is 19.4 Å². The number of likely N-dealkylation sites (tertiary alicyclic amines) is 1. The van der Waals surface area contributed by atoms with Gasteiger partial charge in [-0.3, -0.25) is 9.69 Å². The van der Waals surface area contributed by atoms with Crippen molar-refractivity contribution in [2.24, 2.45) is 5.92 Å². The summed E-state index contributed by atoms with van der Waals surface area (Å²) < 4.78 is 0. The van der Waals surface area contributed by atoms with E-state index in [-0.39, 0.29) is 11.8 Å². The zero-order valence-corrected chi connectivity index (χ0v) is 15.3. The van der Waals surface area contributed by atoms with E-state index >= 15 is 0 Å². The van der Waals surface area contributed by atoms with Gasteiger partial charge in [0.25, 0.3) is 0 Å². The van der Waals surface area contributed by atoms with E-state index < -0.39 is 0 Å². The summed E-state index contributed by atoms with van der Waals surface area (Å²) in [4.78, 5) is 14.9. The van der Waals surface area contributed by atoms with Crippen LogP contribution in [0.15, 0.2) is 66.7 Å². The number of carbonyl (C=O) groups is 1. The Balaban J connectivity index is 1.48. The first-order chi connectivity index (χ1) is 13.2. The van der Waals surface area contributed by atoms with Gasteiger partial charge in [0.2, 0.25) is 5.91 Å². The Kier molecular flexibility index (Phi) is 5.07. The molecule has 1 atom stereocenters. The summed E-state index contributed by atoms with van der Waals surface area (Å²) in [6.45, 7) is 2.31. The number of phenols is 1. The number of nitrogens with zero attached hydrogens (tertiary/aromatic N) is 1. The van der Waals surface area contributed by atoms with Crippen molar-refractivity contribution in [2.75, 3.05) is 18.4 Å². The second kappa shape index (κ2) is 7.80. The summed E-state index contributed by atoms with van der Waals surface area (Å²) in [5, 5.41) is 15.6.